The third-order valence-corrected chi connectivity index (χ3v) is 22.4. The van der Waals surface area contributed by atoms with Crippen molar-refractivity contribution in [2.24, 2.45) is 0 Å². The summed E-state index contributed by atoms with van der Waals surface area (Å²) in [6.07, 6.45) is -12.0. The van der Waals surface area contributed by atoms with E-state index in [-0.39, 0.29) is 56.6 Å². The lowest BCUT2D eigenvalue weighted by Gasteiger charge is -2.38. The maximum Gasteiger partial charge on any atom is 0.411 e. The third kappa shape index (κ3) is 9.63. The Morgan fingerprint density at radius 1 is 0.294 bits per heavy atom. The highest BCUT2D eigenvalue weighted by atomic mass is 28.4. The van der Waals surface area contributed by atoms with Gasteiger partial charge >= 0.3 is 84.0 Å². The molecule has 6 aromatic carbocycles. The molecule has 0 N–H and O–H groups in total. The van der Waals surface area contributed by atoms with Gasteiger partial charge in [0, 0.05) is 5.41 Å². The van der Waals surface area contributed by atoms with Crippen LogP contribution in [-0.2, 0) is 43.4 Å². The third-order valence-electron chi connectivity index (χ3n) is 14.9. The smallest absolute Gasteiger partial charge is 0.411 e. The summed E-state index contributed by atoms with van der Waals surface area (Å²) < 4.78 is 119. The van der Waals surface area contributed by atoms with Crippen molar-refractivity contribution in [3.63, 3.8) is 0 Å². The van der Waals surface area contributed by atoms with E-state index >= 15 is 0 Å². The number of fused-ring (bicyclic) bond motifs is 6. The molecule has 0 saturated carbocycles. The fourth-order valence-electron chi connectivity index (χ4n) is 10.4. The average molecular weight is 1210 g/mol. The van der Waals surface area contributed by atoms with Crippen molar-refractivity contribution in [1.82, 2.24) is 0 Å². The number of carbonyl (C=O) groups is 12. The number of halogens is 6. The molecule has 0 unspecified atom stereocenters. The van der Waals surface area contributed by atoms with Crippen LogP contribution in [-0.4, -0.2) is 101 Å². The molecule has 12 rings (SSSR count). The van der Waals surface area contributed by atoms with Gasteiger partial charge in [-0.1, -0.05) is 50.2 Å². The van der Waals surface area contributed by atoms with E-state index in [4.69, 9.17) is 4.12 Å². The summed E-state index contributed by atoms with van der Waals surface area (Å²) in [5, 5.41) is 1.72. The lowest BCUT2D eigenvalue weighted by atomic mass is 9.71. The summed E-state index contributed by atoms with van der Waals surface area (Å²) in [4.78, 5) is 140. The topological polar surface area (TPSA) is 269 Å². The number of rotatable bonds is 8. The molecule has 0 bridgehead atoms. The van der Waals surface area contributed by atoms with Crippen molar-refractivity contribution in [3.05, 3.63) is 198 Å². The molecule has 0 atom stereocenters. The molecule has 6 aromatic rings. The molecule has 0 saturated heterocycles. The number of carbonyl (C=O) groups excluding carboxylic acids is 12. The van der Waals surface area contributed by atoms with E-state index < -0.39 is 145 Å². The van der Waals surface area contributed by atoms with E-state index in [0.717, 1.165) is 21.5 Å². The van der Waals surface area contributed by atoms with Crippen molar-refractivity contribution in [2.45, 2.75) is 63.2 Å². The minimum Gasteiger partial charge on any atom is -0.449 e. The van der Waals surface area contributed by atoms with Gasteiger partial charge in [0.1, 0.15) is 0 Å². The van der Waals surface area contributed by atoms with E-state index in [0.29, 0.717) is 24.3 Å². The summed E-state index contributed by atoms with van der Waals surface area (Å²) in [6.45, 7) is 11.9. The van der Waals surface area contributed by atoms with Gasteiger partial charge in [-0.05, 0) is 132 Å². The van der Waals surface area contributed by atoms with Crippen LogP contribution in [0.4, 0.5) is 26.3 Å². The number of benzene rings is 6. The second-order valence-corrected chi connectivity index (χ2v) is 29.1. The van der Waals surface area contributed by atoms with E-state index in [1.165, 1.54) is 0 Å². The molecule has 0 spiro atoms. The lowest BCUT2D eigenvalue weighted by molar-refractivity contribution is -0.288. The zero-order chi connectivity index (χ0) is 62.0. The Kier molecular flexibility index (Phi) is 13.7. The van der Waals surface area contributed by atoms with Crippen LogP contribution < -0.4 is 10.4 Å². The highest BCUT2D eigenvalue weighted by Gasteiger charge is 2.73. The minimum absolute atomic E-state index is 0.228. The molecule has 0 amide bonds. The number of alkyl halides is 6. The van der Waals surface area contributed by atoms with Gasteiger partial charge < -0.3 is 32.5 Å². The van der Waals surface area contributed by atoms with Gasteiger partial charge in [0.25, 0.3) is 0 Å². The van der Waals surface area contributed by atoms with Crippen LogP contribution in [0.15, 0.2) is 109 Å². The first-order valence-electron chi connectivity index (χ1n) is 24.9. The van der Waals surface area contributed by atoms with Crippen molar-refractivity contribution in [2.75, 3.05) is 0 Å². The highest BCUT2D eigenvalue weighted by Crippen LogP contribution is 2.57. The molecular weight excluding hydrogens is 1170 g/mol. The van der Waals surface area contributed by atoms with Crippen molar-refractivity contribution in [1.29, 1.82) is 0 Å². The molecule has 0 aromatic heterocycles. The first-order valence-corrected chi connectivity index (χ1v) is 30.7. The van der Waals surface area contributed by atoms with Gasteiger partial charge in [0.05, 0.1) is 66.8 Å². The largest absolute Gasteiger partial charge is 0.449 e. The summed E-state index contributed by atoms with van der Waals surface area (Å²) in [6, 6.07) is 22.6. The molecular formula is C58H36F6O19Si2. The first-order chi connectivity index (χ1) is 39.6. The number of hydrogen-bond acceptors (Lipinski definition) is 19. The molecule has 6 aliphatic heterocycles. The highest BCUT2D eigenvalue weighted by molar-refractivity contribution is 6.97. The Morgan fingerprint density at radius 2 is 0.494 bits per heavy atom. The zero-order valence-electron chi connectivity index (χ0n) is 44.4. The Morgan fingerprint density at radius 3 is 0.741 bits per heavy atom. The van der Waals surface area contributed by atoms with Crippen LogP contribution in [0.1, 0.15) is 160 Å². The number of esters is 12. The monoisotopic (exact) mass is 1210 g/mol. The predicted molar refractivity (Wildman–Crippen MR) is 277 cm³/mol. The minimum atomic E-state index is -6.02. The number of cyclic esters (lactones) is 12. The van der Waals surface area contributed by atoms with Crippen molar-refractivity contribution >= 4 is 98.6 Å². The summed E-state index contributed by atoms with van der Waals surface area (Å²) in [5.74, 6) is -10.4. The van der Waals surface area contributed by atoms with E-state index in [1.54, 1.807) is 72.8 Å². The molecule has 0 aliphatic carbocycles. The summed E-state index contributed by atoms with van der Waals surface area (Å²) in [7, 11) is -4.98. The van der Waals surface area contributed by atoms with E-state index in [2.05, 4.69) is 28.4 Å². The van der Waals surface area contributed by atoms with Crippen molar-refractivity contribution in [3.8, 4) is 0 Å². The van der Waals surface area contributed by atoms with Crippen LogP contribution in [0.25, 0.3) is 0 Å². The van der Waals surface area contributed by atoms with Gasteiger partial charge in [-0.3, -0.25) is 0 Å². The van der Waals surface area contributed by atoms with E-state index in [9.17, 15) is 83.9 Å². The summed E-state index contributed by atoms with van der Waals surface area (Å²) >= 11 is 0. The van der Waals surface area contributed by atoms with Gasteiger partial charge in [-0.15, -0.1) is 0 Å². The van der Waals surface area contributed by atoms with E-state index in [1.807, 2.05) is 40.0 Å². The Labute approximate surface area is 474 Å². The fourth-order valence-corrected chi connectivity index (χ4v) is 18.4. The Hall–Kier alpha value is -9.87. The second kappa shape index (κ2) is 19.9. The maximum absolute atomic E-state index is 14.2. The molecule has 6 aliphatic rings. The van der Waals surface area contributed by atoms with Gasteiger partial charge in [0.2, 0.25) is 22.0 Å². The maximum atomic E-state index is 14.2. The SMILES string of the molecule is CC(C)(c1ccc2c(c1)C(=O)OC2=O)c1ccc2c(c1)C(=O)OC2=O.C[Si](C)(O[Si](C)(C)c1ccc2c(c1)C(=O)OC2=O)c1ccc2c(c1)C(=O)OC2=O.O=C1OC(=O)c2cc(C(c3ccc4c(c3)C(=O)OC4=O)(C(F)(F)F)C(F)(F)F)ccc21. The lowest BCUT2D eigenvalue weighted by Crippen LogP contribution is -2.57. The molecule has 27 heteroatoms. The molecule has 6 heterocycles. The zero-order valence-corrected chi connectivity index (χ0v) is 46.4. The van der Waals surface area contributed by atoms with Crippen molar-refractivity contribution < 1.29 is 116 Å². The Balaban J connectivity index is 0.000000143. The van der Waals surface area contributed by atoms with Crippen LogP contribution in [0, 0.1) is 0 Å². The molecule has 0 radical (unpaired) electrons. The number of hydrogen-bond donors (Lipinski definition) is 0. The quantitative estimate of drug-likeness (QED) is 0.0456. The summed E-state index contributed by atoms with van der Waals surface area (Å²) in [5.41, 5.74) is -7.13. The van der Waals surface area contributed by atoms with Crippen LogP contribution >= 0.6 is 0 Å². The second-order valence-electron chi connectivity index (χ2n) is 21.1. The molecule has 19 nitrogen and oxygen atoms in total. The Bertz CT molecular complexity index is 3900. The van der Waals surface area contributed by atoms with Crippen LogP contribution in [0.2, 0.25) is 26.2 Å². The van der Waals surface area contributed by atoms with Crippen LogP contribution in [0.3, 0.4) is 0 Å². The fraction of sp³-hybridized carbons (Fsp3) is 0.172. The van der Waals surface area contributed by atoms with Crippen LogP contribution in [0.5, 0.6) is 0 Å². The molecule has 0 fully saturated rings. The average Bonchev–Trinajstić information content (AvgIpc) is 1.70. The van der Waals surface area contributed by atoms with Gasteiger partial charge in [0.15, 0.2) is 0 Å². The molecule has 432 valence electrons. The molecule has 85 heavy (non-hydrogen) atoms. The standard InChI is InChI=1S/C20H18O7Si2.C19H6F6O6.C19H12O6/c1-28(2,11-5-7-13-15(9-11)19(23)25-17(13)21)27-29(3,4)12-6-8-14-16(10-12)20(24)26-18(14)22;20-18(21,22)17(19(23,24)25,7-1-3-9-11(5-7)15(28)30-13(9)26)8-2-4-10-12(6-8)16(29)31-14(10)27;1-19(2,9-3-5-11-13(7-9)17(22)24-15(11)20)10-4-6-12-14(8-10)18(23)25-16(12)21/h5-10H,1-4H3;1-6H;3-8H,1-2H3. The van der Waals surface area contributed by atoms with Gasteiger partial charge in [-0.2, -0.15) is 26.3 Å². The normalized spacial score (nSPS) is 16.0. The van der Waals surface area contributed by atoms with Gasteiger partial charge in [-0.25, -0.2) is 57.5 Å². The number of ether oxygens (including phenoxy) is 6. The first kappa shape index (κ1) is 58.3. The predicted octanol–water partition coefficient (Wildman–Crippen LogP) is 8.20.